The van der Waals surface area contributed by atoms with Gasteiger partial charge in [-0.15, -0.1) is 0 Å². The molecule has 0 amide bonds. The standard InChI is InChI=1S/C14H16F3NO3/c1-9(18-6-7-21-8-12(18)13(19)20)10-4-2-3-5-11(10)14(15,16)17/h2-5,9,12H,6-8H2,1H3,(H,19,20). The van der Waals surface area contributed by atoms with Gasteiger partial charge in [0.2, 0.25) is 0 Å². The van der Waals surface area contributed by atoms with Crippen LogP contribution in [-0.4, -0.2) is 41.8 Å². The van der Waals surface area contributed by atoms with Crippen LogP contribution in [0.15, 0.2) is 24.3 Å². The van der Waals surface area contributed by atoms with Crippen LogP contribution in [0.5, 0.6) is 0 Å². The highest BCUT2D eigenvalue weighted by molar-refractivity contribution is 5.73. The zero-order valence-electron chi connectivity index (χ0n) is 11.4. The van der Waals surface area contributed by atoms with Gasteiger partial charge in [0.25, 0.3) is 0 Å². The van der Waals surface area contributed by atoms with Gasteiger partial charge < -0.3 is 9.84 Å². The van der Waals surface area contributed by atoms with Crippen molar-refractivity contribution in [1.82, 2.24) is 4.90 Å². The Balaban J connectivity index is 2.35. The molecule has 1 saturated heterocycles. The second-order valence-electron chi connectivity index (χ2n) is 4.93. The fourth-order valence-electron chi connectivity index (χ4n) is 2.59. The van der Waals surface area contributed by atoms with E-state index in [1.807, 2.05) is 0 Å². The number of nitrogens with zero attached hydrogens (tertiary/aromatic N) is 1. The Kier molecular flexibility index (Phi) is 4.53. The predicted molar refractivity (Wildman–Crippen MR) is 68.8 cm³/mol. The van der Waals surface area contributed by atoms with E-state index in [0.717, 1.165) is 6.07 Å². The average Bonchev–Trinajstić information content (AvgIpc) is 2.45. The molecular formula is C14H16F3NO3. The molecule has 1 aliphatic heterocycles. The first kappa shape index (κ1) is 15.8. The summed E-state index contributed by atoms with van der Waals surface area (Å²) in [4.78, 5) is 12.8. The largest absolute Gasteiger partial charge is 0.480 e. The van der Waals surface area contributed by atoms with E-state index in [-0.39, 0.29) is 18.7 Å². The fourth-order valence-corrected chi connectivity index (χ4v) is 2.59. The maximum atomic E-state index is 13.1. The minimum atomic E-state index is -4.46. The Morgan fingerprint density at radius 1 is 1.43 bits per heavy atom. The molecule has 2 atom stereocenters. The van der Waals surface area contributed by atoms with E-state index >= 15 is 0 Å². The number of hydrogen-bond acceptors (Lipinski definition) is 3. The highest BCUT2D eigenvalue weighted by Crippen LogP contribution is 2.36. The lowest BCUT2D eigenvalue weighted by Gasteiger charge is -2.38. The molecule has 2 rings (SSSR count). The Morgan fingerprint density at radius 3 is 2.71 bits per heavy atom. The topological polar surface area (TPSA) is 49.8 Å². The van der Waals surface area contributed by atoms with E-state index in [1.165, 1.54) is 23.1 Å². The zero-order valence-corrected chi connectivity index (χ0v) is 11.4. The van der Waals surface area contributed by atoms with Crippen molar-refractivity contribution in [2.45, 2.75) is 25.2 Å². The van der Waals surface area contributed by atoms with Gasteiger partial charge in [0.1, 0.15) is 6.04 Å². The van der Waals surface area contributed by atoms with Gasteiger partial charge in [0.05, 0.1) is 18.8 Å². The summed E-state index contributed by atoms with van der Waals surface area (Å²) in [6.45, 7) is 2.16. The van der Waals surface area contributed by atoms with Crippen LogP contribution in [-0.2, 0) is 15.7 Å². The van der Waals surface area contributed by atoms with Crippen molar-refractivity contribution in [2.24, 2.45) is 0 Å². The zero-order chi connectivity index (χ0) is 15.6. The third-order valence-electron chi connectivity index (χ3n) is 3.67. The molecule has 116 valence electrons. The van der Waals surface area contributed by atoms with Crippen LogP contribution in [0.1, 0.15) is 24.1 Å². The van der Waals surface area contributed by atoms with Gasteiger partial charge in [-0.05, 0) is 18.6 Å². The van der Waals surface area contributed by atoms with Gasteiger partial charge >= 0.3 is 12.1 Å². The van der Waals surface area contributed by atoms with Gasteiger partial charge in [0.15, 0.2) is 0 Å². The van der Waals surface area contributed by atoms with Crippen LogP contribution in [0.4, 0.5) is 13.2 Å². The normalized spacial score (nSPS) is 22.0. The van der Waals surface area contributed by atoms with Gasteiger partial charge in [-0.2, -0.15) is 13.2 Å². The number of carbonyl (C=O) groups is 1. The monoisotopic (exact) mass is 303 g/mol. The fraction of sp³-hybridized carbons (Fsp3) is 0.500. The molecule has 0 aromatic heterocycles. The SMILES string of the molecule is CC(c1ccccc1C(F)(F)F)N1CCOCC1C(=O)O. The number of benzene rings is 1. The van der Waals surface area contributed by atoms with Gasteiger partial charge in [-0.25, -0.2) is 0 Å². The van der Waals surface area contributed by atoms with Crippen molar-refractivity contribution in [3.8, 4) is 0 Å². The molecule has 21 heavy (non-hydrogen) atoms. The lowest BCUT2D eigenvalue weighted by Crippen LogP contribution is -2.50. The molecule has 0 radical (unpaired) electrons. The van der Waals surface area contributed by atoms with E-state index in [2.05, 4.69) is 0 Å². The third kappa shape index (κ3) is 3.36. The molecule has 0 bridgehead atoms. The van der Waals surface area contributed by atoms with Crippen LogP contribution >= 0.6 is 0 Å². The summed E-state index contributed by atoms with van der Waals surface area (Å²) in [5, 5.41) is 9.19. The molecule has 1 aromatic carbocycles. The highest BCUT2D eigenvalue weighted by Gasteiger charge is 2.38. The second kappa shape index (κ2) is 6.03. The smallest absolute Gasteiger partial charge is 0.416 e. The van der Waals surface area contributed by atoms with Gasteiger partial charge in [-0.3, -0.25) is 9.69 Å². The number of morpholine rings is 1. The first-order valence-electron chi connectivity index (χ1n) is 6.54. The van der Waals surface area contributed by atoms with Crippen molar-refractivity contribution >= 4 is 5.97 Å². The molecule has 2 unspecified atom stereocenters. The summed E-state index contributed by atoms with van der Waals surface area (Å²) in [6, 6.07) is 3.66. The summed E-state index contributed by atoms with van der Waals surface area (Å²) in [5.74, 6) is -1.09. The van der Waals surface area contributed by atoms with Crippen LogP contribution in [0.3, 0.4) is 0 Å². The molecule has 0 spiro atoms. The molecule has 4 nitrogen and oxygen atoms in total. The molecule has 0 saturated carbocycles. The number of carboxylic acids is 1. The summed E-state index contributed by atoms with van der Waals surface area (Å²) in [7, 11) is 0. The van der Waals surface area contributed by atoms with Crippen LogP contribution in [0, 0.1) is 0 Å². The van der Waals surface area contributed by atoms with E-state index in [9.17, 15) is 23.1 Å². The molecule has 1 heterocycles. The summed E-state index contributed by atoms with van der Waals surface area (Å²) >= 11 is 0. The first-order valence-corrected chi connectivity index (χ1v) is 6.54. The number of alkyl halides is 3. The van der Waals surface area contributed by atoms with Gasteiger partial charge in [-0.1, -0.05) is 18.2 Å². The second-order valence-corrected chi connectivity index (χ2v) is 4.93. The number of aliphatic carboxylic acids is 1. The maximum absolute atomic E-state index is 13.1. The Bertz CT molecular complexity index is 518. The molecule has 1 aromatic rings. The van der Waals surface area contributed by atoms with Crippen molar-refractivity contribution in [3.63, 3.8) is 0 Å². The molecule has 7 heteroatoms. The first-order chi connectivity index (χ1) is 9.82. The predicted octanol–water partition coefficient (Wildman–Crippen LogP) is 2.55. The van der Waals surface area contributed by atoms with Crippen molar-refractivity contribution < 1.29 is 27.8 Å². The minimum absolute atomic E-state index is 0.0200. The number of rotatable bonds is 3. The summed E-state index contributed by atoms with van der Waals surface area (Å²) in [6.07, 6.45) is -4.46. The van der Waals surface area contributed by atoms with Crippen molar-refractivity contribution in [3.05, 3.63) is 35.4 Å². The maximum Gasteiger partial charge on any atom is 0.416 e. The van der Waals surface area contributed by atoms with Crippen LogP contribution < -0.4 is 0 Å². The summed E-state index contributed by atoms with van der Waals surface area (Å²) in [5.41, 5.74) is -0.647. The quantitative estimate of drug-likeness (QED) is 0.932. The molecular weight excluding hydrogens is 287 g/mol. The van der Waals surface area contributed by atoms with Crippen LogP contribution in [0.25, 0.3) is 0 Å². The molecule has 1 N–H and O–H groups in total. The lowest BCUT2D eigenvalue weighted by molar-refractivity contribution is -0.151. The van der Waals surface area contributed by atoms with E-state index in [1.54, 1.807) is 6.92 Å². The average molecular weight is 303 g/mol. The molecule has 1 fully saturated rings. The minimum Gasteiger partial charge on any atom is -0.480 e. The Morgan fingerprint density at radius 2 is 2.10 bits per heavy atom. The third-order valence-corrected chi connectivity index (χ3v) is 3.67. The van der Waals surface area contributed by atoms with Crippen molar-refractivity contribution in [2.75, 3.05) is 19.8 Å². The van der Waals surface area contributed by atoms with E-state index < -0.39 is 29.8 Å². The van der Waals surface area contributed by atoms with E-state index in [0.29, 0.717) is 6.61 Å². The number of carboxylic acid groups (broad SMARTS) is 1. The summed E-state index contributed by atoms with van der Waals surface area (Å²) < 4.78 is 44.3. The number of ether oxygens (including phenoxy) is 1. The van der Waals surface area contributed by atoms with Crippen LogP contribution in [0.2, 0.25) is 0 Å². The van der Waals surface area contributed by atoms with E-state index in [4.69, 9.17) is 4.74 Å². The molecule has 1 aliphatic rings. The number of halogens is 3. The van der Waals surface area contributed by atoms with Gasteiger partial charge in [0, 0.05) is 12.6 Å². The highest BCUT2D eigenvalue weighted by atomic mass is 19.4. The molecule has 0 aliphatic carbocycles. The Hall–Kier alpha value is -1.60. The lowest BCUT2D eigenvalue weighted by atomic mass is 9.98. The Labute approximate surface area is 120 Å². The van der Waals surface area contributed by atoms with Crippen molar-refractivity contribution in [1.29, 1.82) is 0 Å². The number of hydrogen-bond donors (Lipinski definition) is 1.